The van der Waals surface area contributed by atoms with E-state index >= 15 is 0 Å². The lowest BCUT2D eigenvalue weighted by Crippen LogP contribution is -2.26. The van der Waals surface area contributed by atoms with Gasteiger partial charge in [-0.05, 0) is 81.6 Å². The third-order valence-electron chi connectivity index (χ3n) is 4.45. The first-order chi connectivity index (χ1) is 15.2. The second-order valence-corrected chi connectivity index (χ2v) is 9.35. The number of carbonyl (C=O) groups excluding carboxylic acids is 1. The lowest BCUT2D eigenvalue weighted by atomic mass is 10.2. The molecule has 0 fully saturated rings. The van der Waals surface area contributed by atoms with Gasteiger partial charge in [0.15, 0.2) is 6.10 Å². The van der Waals surface area contributed by atoms with E-state index in [0.29, 0.717) is 43.4 Å². The maximum Gasteiger partial charge on any atom is 0.347 e. The molecule has 1 aromatic heterocycles. The highest BCUT2D eigenvalue weighted by atomic mass is 79.9. The molecule has 0 amide bonds. The number of aryl methyl sites for hydroxylation is 1. The summed E-state index contributed by atoms with van der Waals surface area (Å²) in [4.78, 5) is 29.4. The summed E-state index contributed by atoms with van der Waals surface area (Å²) in [7, 11) is 0. The second kappa shape index (κ2) is 10.7. The predicted octanol–water partition coefficient (Wildman–Crippen LogP) is 5.46. The zero-order valence-corrected chi connectivity index (χ0v) is 22.3. The molecule has 0 aliphatic heterocycles. The van der Waals surface area contributed by atoms with E-state index in [9.17, 15) is 9.59 Å². The normalized spacial score (nSPS) is 12.3. The highest BCUT2D eigenvalue weighted by molar-refractivity contribution is 9.11. The number of ether oxygens (including phenoxy) is 2. The molecule has 1 atom stereocenters. The average Bonchev–Trinajstić information content (AvgIpc) is 2.75. The van der Waals surface area contributed by atoms with Crippen molar-refractivity contribution in [2.75, 3.05) is 6.61 Å². The van der Waals surface area contributed by atoms with Crippen molar-refractivity contribution in [3.63, 3.8) is 0 Å². The van der Waals surface area contributed by atoms with Crippen LogP contribution in [0.2, 0.25) is 0 Å². The zero-order chi connectivity index (χ0) is 23.4. The Bertz CT molecular complexity index is 1230. The molecule has 32 heavy (non-hydrogen) atoms. The highest BCUT2D eigenvalue weighted by Crippen LogP contribution is 2.35. The highest BCUT2D eigenvalue weighted by Gasteiger charge is 2.19. The number of hydrogen-bond acceptors (Lipinski definition) is 6. The lowest BCUT2D eigenvalue weighted by molar-refractivity contribution is -0.150. The van der Waals surface area contributed by atoms with Gasteiger partial charge in [0.1, 0.15) is 11.6 Å². The van der Waals surface area contributed by atoms with E-state index in [1.807, 2.05) is 13.0 Å². The van der Waals surface area contributed by atoms with Gasteiger partial charge in [-0.25, -0.2) is 9.78 Å². The topological polar surface area (TPSA) is 82.8 Å². The van der Waals surface area contributed by atoms with Crippen LogP contribution >= 0.6 is 47.8 Å². The number of nitrogens with zero attached hydrogens (tertiary/aromatic N) is 3. The fourth-order valence-electron chi connectivity index (χ4n) is 2.92. The zero-order valence-electron chi connectivity index (χ0n) is 17.6. The van der Waals surface area contributed by atoms with E-state index in [0.717, 1.165) is 4.47 Å². The van der Waals surface area contributed by atoms with Gasteiger partial charge in [-0.15, -0.1) is 0 Å². The molecule has 2 aromatic carbocycles. The van der Waals surface area contributed by atoms with Crippen molar-refractivity contribution in [1.82, 2.24) is 9.66 Å². The van der Waals surface area contributed by atoms with E-state index in [4.69, 9.17) is 9.47 Å². The van der Waals surface area contributed by atoms with Crippen LogP contribution in [0.25, 0.3) is 10.9 Å². The number of fused-ring (bicyclic) bond motifs is 1. The van der Waals surface area contributed by atoms with Crippen molar-refractivity contribution in [3.05, 3.63) is 65.5 Å². The van der Waals surface area contributed by atoms with E-state index in [2.05, 4.69) is 57.9 Å². The van der Waals surface area contributed by atoms with Crippen LogP contribution < -0.4 is 10.3 Å². The van der Waals surface area contributed by atoms with Crippen molar-refractivity contribution in [1.29, 1.82) is 0 Å². The summed E-state index contributed by atoms with van der Waals surface area (Å²) < 4.78 is 14.1. The minimum absolute atomic E-state index is 0.245. The molecule has 3 rings (SSSR count). The summed E-state index contributed by atoms with van der Waals surface area (Å²) in [6.45, 7) is 5.56. The Morgan fingerprint density at radius 2 is 1.88 bits per heavy atom. The molecule has 0 spiro atoms. The molecular weight excluding hydrogens is 610 g/mol. The van der Waals surface area contributed by atoms with Gasteiger partial charge in [-0.3, -0.25) is 4.79 Å². The minimum Gasteiger partial charge on any atom is -0.477 e. The van der Waals surface area contributed by atoms with Crippen LogP contribution in [-0.4, -0.2) is 34.6 Å². The Balaban J connectivity index is 1.95. The number of rotatable bonds is 7. The first-order valence-electron chi connectivity index (χ1n) is 9.83. The third kappa shape index (κ3) is 5.47. The number of hydrogen-bond donors (Lipinski definition) is 0. The molecule has 0 saturated heterocycles. The Morgan fingerprint density at radius 1 is 1.19 bits per heavy atom. The molecule has 0 bridgehead atoms. The lowest BCUT2D eigenvalue weighted by Gasteiger charge is -2.16. The predicted molar refractivity (Wildman–Crippen MR) is 135 cm³/mol. The minimum atomic E-state index is -0.768. The summed E-state index contributed by atoms with van der Waals surface area (Å²) in [6.07, 6.45) is 1.35. The first-order valence-corrected chi connectivity index (χ1v) is 12.2. The number of esters is 1. The maximum absolute atomic E-state index is 13.0. The molecule has 168 valence electrons. The van der Waals surface area contributed by atoms with Crippen LogP contribution in [-0.2, 0) is 16.0 Å². The van der Waals surface area contributed by atoms with Crippen molar-refractivity contribution in [2.45, 2.75) is 33.3 Å². The van der Waals surface area contributed by atoms with Gasteiger partial charge in [-0.1, -0.05) is 22.9 Å². The Labute approximate surface area is 210 Å². The maximum atomic E-state index is 13.0. The van der Waals surface area contributed by atoms with Gasteiger partial charge >= 0.3 is 5.97 Å². The third-order valence-corrected chi connectivity index (χ3v) is 6.12. The molecule has 10 heteroatoms. The molecule has 0 N–H and O–H groups in total. The van der Waals surface area contributed by atoms with Gasteiger partial charge < -0.3 is 9.47 Å². The number of aromatic nitrogens is 2. The monoisotopic (exact) mass is 627 g/mol. The quantitative estimate of drug-likeness (QED) is 0.256. The fourth-order valence-corrected chi connectivity index (χ4v) is 4.69. The molecule has 0 radical (unpaired) electrons. The van der Waals surface area contributed by atoms with E-state index in [1.165, 1.54) is 4.68 Å². The Kier molecular flexibility index (Phi) is 8.24. The molecule has 0 unspecified atom stereocenters. The van der Waals surface area contributed by atoms with Gasteiger partial charge in [-0.2, -0.15) is 9.78 Å². The second-order valence-electron chi connectivity index (χ2n) is 6.73. The van der Waals surface area contributed by atoms with Crippen LogP contribution in [0.3, 0.4) is 0 Å². The molecular formula is C22H20Br3N3O4. The molecule has 0 saturated carbocycles. The standard InChI is InChI=1S/C22H20Br3N3O4/c1-4-19-27-18-7-6-14(23)10-15(18)21(29)28(19)26-11-13-8-16(24)20(17(25)9-13)32-12(3)22(30)31-5-2/h6-12H,4-5H2,1-3H3/t12-/m1/s1. The summed E-state index contributed by atoms with van der Waals surface area (Å²) in [5, 5.41) is 4.88. The molecule has 0 aliphatic carbocycles. The molecule has 1 heterocycles. The molecule has 3 aromatic rings. The van der Waals surface area contributed by atoms with Gasteiger partial charge in [0.2, 0.25) is 0 Å². The number of halogens is 3. The van der Waals surface area contributed by atoms with Gasteiger partial charge in [0.25, 0.3) is 5.56 Å². The smallest absolute Gasteiger partial charge is 0.347 e. The van der Waals surface area contributed by atoms with Crippen molar-refractivity contribution >= 4 is 70.9 Å². The number of benzene rings is 2. The summed E-state index contributed by atoms with van der Waals surface area (Å²) in [6, 6.07) is 8.95. The average molecular weight is 630 g/mol. The largest absolute Gasteiger partial charge is 0.477 e. The number of carbonyl (C=O) groups is 1. The van der Waals surface area contributed by atoms with Gasteiger partial charge in [0, 0.05) is 10.9 Å². The van der Waals surface area contributed by atoms with Crippen LogP contribution in [0.4, 0.5) is 0 Å². The van der Waals surface area contributed by atoms with E-state index < -0.39 is 12.1 Å². The van der Waals surface area contributed by atoms with E-state index in [-0.39, 0.29) is 12.2 Å². The summed E-state index contributed by atoms with van der Waals surface area (Å²) in [5.41, 5.74) is 1.10. The Morgan fingerprint density at radius 3 is 2.50 bits per heavy atom. The van der Waals surface area contributed by atoms with Crippen molar-refractivity contribution < 1.29 is 14.3 Å². The van der Waals surface area contributed by atoms with Crippen molar-refractivity contribution in [3.8, 4) is 5.75 Å². The summed E-state index contributed by atoms with van der Waals surface area (Å²) in [5.74, 6) is 0.576. The van der Waals surface area contributed by atoms with Gasteiger partial charge in [0.05, 0.1) is 32.7 Å². The fraction of sp³-hybridized carbons (Fsp3) is 0.273. The van der Waals surface area contributed by atoms with Crippen LogP contribution in [0.5, 0.6) is 5.75 Å². The van der Waals surface area contributed by atoms with Crippen LogP contribution in [0, 0.1) is 0 Å². The van der Waals surface area contributed by atoms with Crippen LogP contribution in [0.15, 0.2) is 53.6 Å². The molecule has 0 aliphatic rings. The van der Waals surface area contributed by atoms with E-state index in [1.54, 1.807) is 44.3 Å². The first kappa shape index (κ1) is 24.6. The summed E-state index contributed by atoms with van der Waals surface area (Å²) >= 11 is 10.3. The molecule has 7 nitrogen and oxygen atoms in total. The van der Waals surface area contributed by atoms with Crippen molar-refractivity contribution in [2.24, 2.45) is 5.10 Å². The SMILES string of the molecule is CCOC(=O)[C@@H](C)Oc1c(Br)cc(C=Nn2c(CC)nc3ccc(Br)cc3c2=O)cc1Br. The Hall–Kier alpha value is -2.04. The van der Waals surface area contributed by atoms with Crippen LogP contribution in [0.1, 0.15) is 32.2 Å².